The van der Waals surface area contributed by atoms with E-state index in [1.807, 2.05) is 0 Å². The molecule has 1 aromatic carbocycles. The standard InChI is InChI=1S/C14H9F5O3/c1-5-8-6-3-4-7(15)9(16)10(6)21-12(20)11(8)22-13(5,2)14(17,18)19/h3-5H,1-2H3/t5?,13-/m0/s1. The third kappa shape index (κ3) is 1.69. The predicted molar refractivity (Wildman–Crippen MR) is 65.9 cm³/mol. The van der Waals surface area contributed by atoms with Crippen molar-refractivity contribution in [2.75, 3.05) is 0 Å². The lowest BCUT2D eigenvalue weighted by atomic mass is 9.85. The lowest BCUT2D eigenvalue weighted by Gasteiger charge is -2.30. The summed E-state index contributed by atoms with van der Waals surface area (Å²) in [6, 6.07) is 1.82. The van der Waals surface area contributed by atoms with E-state index < -0.39 is 46.3 Å². The molecule has 1 aliphatic rings. The molecule has 2 aromatic rings. The van der Waals surface area contributed by atoms with Gasteiger partial charge in [0.05, 0.1) is 0 Å². The summed E-state index contributed by atoms with van der Waals surface area (Å²) in [5.41, 5.74) is -4.77. The third-order valence-electron chi connectivity index (χ3n) is 4.10. The van der Waals surface area contributed by atoms with Crippen LogP contribution in [-0.2, 0) is 0 Å². The molecule has 2 atom stereocenters. The zero-order chi connectivity index (χ0) is 16.4. The van der Waals surface area contributed by atoms with Gasteiger partial charge in [-0.15, -0.1) is 0 Å². The fraction of sp³-hybridized carbons (Fsp3) is 0.357. The number of hydrogen-bond donors (Lipinski definition) is 0. The Hall–Kier alpha value is -2.12. The molecule has 0 fully saturated rings. The van der Waals surface area contributed by atoms with Crippen LogP contribution in [0.3, 0.4) is 0 Å². The number of halogens is 5. The number of rotatable bonds is 0. The summed E-state index contributed by atoms with van der Waals surface area (Å²) in [6.07, 6.45) is -4.76. The lowest BCUT2D eigenvalue weighted by Crippen LogP contribution is -2.48. The van der Waals surface area contributed by atoms with E-state index in [0.717, 1.165) is 19.1 Å². The van der Waals surface area contributed by atoms with E-state index in [2.05, 4.69) is 4.42 Å². The van der Waals surface area contributed by atoms with E-state index in [9.17, 15) is 26.7 Å². The van der Waals surface area contributed by atoms with Crippen LogP contribution in [0.25, 0.3) is 11.0 Å². The molecule has 3 nitrogen and oxygen atoms in total. The normalized spacial score (nSPS) is 24.4. The molecule has 1 unspecified atom stereocenters. The smallest absolute Gasteiger partial charge is 0.428 e. The van der Waals surface area contributed by atoms with Crippen LogP contribution < -0.4 is 10.4 Å². The highest BCUT2D eigenvalue weighted by molar-refractivity contribution is 5.84. The first-order valence-corrected chi connectivity index (χ1v) is 6.28. The van der Waals surface area contributed by atoms with Gasteiger partial charge in [-0.3, -0.25) is 0 Å². The molecule has 0 spiro atoms. The number of fused-ring (bicyclic) bond motifs is 3. The number of ether oxygens (including phenoxy) is 1. The minimum atomic E-state index is -4.76. The van der Waals surface area contributed by atoms with E-state index in [1.54, 1.807) is 0 Å². The first-order chi connectivity index (χ1) is 10.1. The van der Waals surface area contributed by atoms with Crippen molar-refractivity contribution in [3.63, 3.8) is 0 Å². The molecule has 2 heterocycles. The molecule has 0 saturated carbocycles. The van der Waals surface area contributed by atoms with Gasteiger partial charge in [0.25, 0.3) is 0 Å². The Bertz CT molecular complexity index is 839. The second-order valence-electron chi connectivity index (χ2n) is 5.30. The summed E-state index contributed by atoms with van der Waals surface area (Å²) in [7, 11) is 0. The number of alkyl halides is 3. The van der Waals surface area contributed by atoms with Crippen molar-refractivity contribution < 1.29 is 31.1 Å². The van der Waals surface area contributed by atoms with Crippen molar-refractivity contribution in [3.8, 4) is 5.75 Å². The molecule has 0 radical (unpaired) electrons. The Balaban J connectivity index is 2.38. The Morgan fingerprint density at radius 3 is 2.45 bits per heavy atom. The highest BCUT2D eigenvalue weighted by atomic mass is 19.4. The average molecular weight is 320 g/mol. The quantitative estimate of drug-likeness (QED) is 0.546. The van der Waals surface area contributed by atoms with Crippen molar-refractivity contribution in [3.05, 3.63) is 39.8 Å². The molecule has 0 bridgehead atoms. The van der Waals surface area contributed by atoms with Crippen LogP contribution in [0.5, 0.6) is 5.75 Å². The minimum Gasteiger partial charge on any atom is -0.470 e. The Labute approximate surface area is 120 Å². The van der Waals surface area contributed by atoms with Crippen LogP contribution in [0.4, 0.5) is 22.0 Å². The summed E-state index contributed by atoms with van der Waals surface area (Å²) in [5, 5.41) is -0.117. The van der Waals surface area contributed by atoms with Crippen molar-refractivity contribution in [1.29, 1.82) is 0 Å². The third-order valence-corrected chi connectivity index (χ3v) is 4.10. The monoisotopic (exact) mass is 320 g/mol. The Kier molecular flexibility index (Phi) is 2.83. The molecule has 1 aliphatic heterocycles. The highest BCUT2D eigenvalue weighted by Crippen LogP contribution is 2.52. The van der Waals surface area contributed by atoms with Gasteiger partial charge in [-0.1, -0.05) is 6.92 Å². The van der Waals surface area contributed by atoms with Crippen LogP contribution in [0.15, 0.2) is 21.3 Å². The molecule has 118 valence electrons. The first kappa shape index (κ1) is 14.8. The van der Waals surface area contributed by atoms with Gasteiger partial charge in [0, 0.05) is 16.9 Å². The van der Waals surface area contributed by atoms with Gasteiger partial charge in [-0.05, 0) is 19.1 Å². The zero-order valence-corrected chi connectivity index (χ0v) is 11.3. The maximum atomic E-state index is 13.7. The molecule has 0 aliphatic carbocycles. The van der Waals surface area contributed by atoms with Crippen LogP contribution in [0.1, 0.15) is 25.3 Å². The summed E-state index contributed by atoms with van der Waals surface area (Å²) in [4.78, 5) is 11.8. The van der Waals surface area contributed by atoms with Gasteiger partial charge in [-0.25, -0.2) is 9.18 Å². The largest absolute Gasteiger partial charge is 0.470 e. The predicted octanol–water partition coefficient (Wildman–Crippen LogP) is 3.89. The second-order valence-corrected chi connectivity index (χ2v) is 5.30. The van der Waals surface area contributed by atoms with Gasteiger partial charge in [-0.2, -0.15) is 17.6 Å². The zero-order valence-electron chi connectivity index (χ0n) is 11.3. The van der Waals surface area contributed by atoms with E-state index in [-0.39, 0.29) is 10.9 Å². The van der Waals surface area contributed by atoms with Gasteiger partial charge < -0.3 is 9.15 Å². The number of hydrogen-bond acceptors (Lipinski definition) is 3. The summed E-state index contributed by atoms with van der Waals surface area (Å²) in [5.74, 6) is -4.60. The molecular weight excluding hydrogens is 311 g/mol. The van der Waals surface area contributed by atoms with Crippen molar-refractivity contribution in [2.45, 2.75) is 31.5 Å². The average Bonchev–Trinajstić information content (AvgIpc) is 2.70. The summed E-state index contributed by atoms with van der Waals surface area (Å²) < 4.78 is 76.1. The molecule has 0 N–H and O–H groups in total. The molecule has 8 heteroatoms. The van der Waals surface area contributed by atoms with Crippen molar-refractivity contribution in [2.24, 2.45) is 0 Å². The van der Waals surface area contributed by atoms with E-state index >= 15 is 0 Å². The molecule has 0 saturated heterocycles. The summed E-state index contributed by atoms with van der Waals surface area (Å²) >= 11 is 0. The first-order valence-electron chi connectivity index (χ1n) is 6.28. The Morgan fingerprint density at radius 2 is 1.86 bits per heavy atom. The van der Waals surface area contributed by atoms with Gasteiger partial charge >= 0.3 is 11.8 Å². The highest BCUT2D eigenvalue weighted by Gasteiger charge is 2.62. The topological polar surface area (TPSA) is 39.4 Å². The molecular formula is C14H9F5O3. The lowest BCUT2D eigenvalue weighted by molar-refractivity contribution is -0.241. The second kappa shape index (κ2) is 4.21. The van der Waals surface area contributed by atoms with Crippen molar-refractivity contribution in [1.82, 2.24) is 0 Å². The molecule has 3 rings (SSSR count). The Morgan fingerprint density at radius 1 is 1.23 bits per heavy atom. The fourth-order valence-electron chi connectivity index (χ4n) is 2.62. The SMILES string of the molecule is CC1c2c(c(=O)oc3c(F)c(F)ccc23)O[C@]1(C)C(F)(F)F. The fourth-order valence-corrected chi connectivity index (χ4v) is 2.62. The van der Waals surface area contributed by atoms with E-state index in [0.29, 0.717) is 0 Å². The van der Waals surface area contributed by atoms with E-state index in [1.165, 1.54) is 6.92 Å². The minimum absolute atomic E-state index is 0.117. The van der Waals surface area contributed by atoms with Crippen LogP contribution >= 0.6 is 0 Å². The van der Waals surface area contributed by atoms with Crippen LogP contribution in [0, 0.1) is 11.6 Å². The van der Waals surface area contributed by atoms with Gasteiger partial charge in [0.2, 0.25) is 17.2 Å². The van der Waals surface area contributed by atoms with Gasteiger partial charge in [0.1, 0.15) is 0 Å². The maximum absolute atomic E-state index is 13.7. The van der Waals surface area contributed by atoms with Crippen LogP contribution in [0.2, 0.25) is 0 Å². The summed E-state index contributed by atoms with van der Waals surface area (Å²) in [6.45, 7) is 2.00. The van der Waals surface area contributed by atoms with Crippen molar-refractivity contribution >= 4 is 11.0 Å². The van der Waals surface area contributed by atoms with E-state index in [4.69, 9.17) is 4.74 Å². The molecule has 22 heavy (non-hydrogen) atoms. The van der Waals surface area contributed by atoms with Crippen LogP contribution in [-0.4, -0.2) is 11.8 Å². The molecule has 1 aromatic heterocycles. The molecule has 0 amide bonds. The van der Waals surface area contributed by atoms with Gasteiger partial charge in [0.15, 0.2) is 11.4 Å². The number of benzene rings is 1. The maximum Gasteiger partial charge on any atom is 0.428 e.